The van der Waals surface area contributed by atoms with Crippen LogP contribution < -0.4 is 15.5 Å². The number of nitrogens with one attached hydrogen (secondary N) is 2. The lowest BCUT2D eigenvalue weighted by atomic mass is 9.99. The number of hydrogen-bond acceptors (Lipinski definition) is 3. The second-order valence-electron chi connectivity index (χ2n) is 8.37. The van der Waals surface area contributed by atoms with Gasteiger partial charge in [-0.3, -0.25) is 9.59 Å². The number of nitrogens with zero attached hydrogens (tertiary/aromatic N) is 1. The molecule has 0 aromatic heterocycles. The van der Waals surface area contributed by atoms with E-state index in [0.29, 0.717) is 11.5 Å². The van der Waals surface area contributed by atoms with Crippen LogP contribution in [0.4, 0.5) is 0 Å². The summed E-state index contributed by atoms with van der Waals surface area (Å²) in [7, 11) is 1.61. The van der Waals surface area contributed by atoms with Crippen LogP contribution in [0.15, 0.2) is 78.9 Å². The Labute approximate surface area is 193 Å². The van der Waals surface area contributed by atoms with E-state index in [9.17, 15) is 9.59 Å². The number of hydrazine groups is 1. The molecule has 0 saturated carbocycles. The Kier molecular flexibility index (Phi) is 6.54. The van der Waals surface area contributed by atoms with E-state index in [1.807, 2.05) is 48.7 Å². The van der Waals surface area contributed by atoms with Crippen LogP contribution in [0.2, 0.25) is 0 Å². The predicted octanol–water partition coefficient (Wildman–Crippen LogP) is 3.83. The first-order valence-corrected chi connectivity index (χ1v) is 11.0. The van der Waals surface area contributed by atoms with Crippen molar-refractivity contribution >= 4 is 18.0 Å². The van der Waals surface area contributed by atoms with E-state index in [2.05, 4.69) is 36.7 Å². The average molecular weight is 443 g/mol. The first-order valence-electron chi connectivity index (χ1n) is 11.0. The molecule has 168 valence electrons. The van der Waals surface area contributed by atoms with Gasteiger partial charge in [-0.05, 0) is 60.0 Å². The highest BCUT2D eigenvalue weighted by molar-refractivity contribution is 5.98. The molecule has 2 amide bonds. The molecule has 4 rings (SSSR count). The molecule has 3 aromatic rings. The molecule has 1 saturated heterocycles. The average Bonchev–Trinajstić information content (AvgIpc) is 3.14. The van der Waals surface area contributed by atoms with Gasteiger partial charge >= 0.3 is 5.91 Å². The molecule has 0 bridgehead atoms. The fraction of sp³-hybridized carbons (Fsp3) is 0.222. The molecule has 1 heterocycles. The molecule has 1 fully saturated rings. The molecule has 6 heteroatoms. The Balaban J connectivity index is 1.69. The molecule has 0 unspecified atom stereocenters. The second-order valence-corrected chi connectivity index (χ2v) is 8.37. The largest absolute Gasteiger partial charge is 0.497 e. The molecular formula is C27H28N3O3+. The standard InChI is InChI=1S/C27H27N3O3/c1-18(2)20-11-9-19(10-12-20)17-30-25(21-13-15-23(33-3)16-14-21)24(27(32)29-30)28-26(31)22-7-5-4-6-8-22/h4-18,24-25H,1-3H3,(H-,28,29,31,32)/p+1/b30-17-/t24-,25-/m1/s1. The van der Waals surface area contributed by atoms with Crippen LogP contribution in [0, 0.1) is 0 Å². The lowest BCUT2D eigenvalue weighted by Crippen LogP contribution is -2.42. The fourth-order valence-electron chi connectivity index (χ4n) is 3.92. The molecule has 33 heavy (non-hydrogen) atoms. The number of rotatable bonds is 6. The van der Waals surface area contributed by atoms with Crippen molar-refractivity contribution in [2.75, 3.05) is 7.11 Å². The Morgan fingerprint density at radius 2 is 1.67 bits per heavy atom. The van der Waals surface area contributed by atoms with Crippen molar-refractivity contribution in [2.45, 2.75) is 31.8 Å². The fourth-order valence-corrected chi connectivity index (χ4v) is 3.92. The first-order chi connectivity index (χ1) is 16.0. The summed E-state index contributed by atoms with van der Waals surface area (Å²) >= 11 is 0. The molecule has 0 radical (unpaired) electrons. The van der Waals surface area contributed by atoms with Gasteiger partial charge in [0, 0.05) is 16.7 Å². The molecule has 0 aliphatic carbocycles. The molecule has 3 aromatic carbocycles. The molecule has 1 aliphatic rings. The van der Waals surface area contributed by atoms with Crippen molar-refractivity contribution in [3.8, 4) is 5.75 Å². The van der Waals surface area contributed by atoms with Crippen molar-refractivity contribution in [3.63, 3.8) is 0 Å². The van der Waals surface area contributed by atoms with Gasteiger partial charge in [0.2, 0.25) is 12.3 Å². The number of ether oxygens (including phenoxy) is 1. The minimum atomic E-state index is -0.766. The Morgan fingerprint density at radius 1 is 1.00 bits per heavy atom. The monoisotopic (exact) mass is 442 g/mol. The van der Waals surface area contributed by atoms with E-state index in [-0.39, 0.29) is 11.8 Å². The van der Waals surface area contributed by atoms with Crippen molar-refractivity contribution in [1.29, 1.82) is 0 Å². The number of benzene rings is 3. The van der Waals surface area contributed by atoms with Gasteiger partial charge in [0.05, 0.1) is 7.11 Å². The summed E-state index contributed by atoms with van der Waals surface area (Å²) in [5, 5.41) is 2.92. The SMILES string of the molecule is COc1ccc([C@@H]2[C@@H](NC(=O)c3ccccc3)C(=O)N/[N+]2=C\c2ccc(C(C)C)cc2)cc1. The minimum absolute atomic E-state index is 0.268. The van der Waals surface area contributed by atoms with Crippen molar-refractivity contribution in [3.05, 3.63) is 101 Å². The third-order valence-corrected chi connectivity index (χ3v) is 5.81. The van der Waals surface area contributed by atoms with Crippen LogP contribution >= 0.6 is 0 Å². The number of hydrogen-bond donors (Lipinski definition) is 2. The van der Waals surface area contributed by atoms with Crippen molar-refractivity contribution in [1.82, 2.24) is 10.7 Å². The van der Waals surface area contributed by atoms with Crippen molar-refractivity contribution in [2.24, 2.45) is 0 Å². The highest BCUT2D eigenvalue weighted by Gasteiger charge is 2.47. The van der Waals surface area contributed by atoms with Crippen LogP contribution in [0.1, 0.15) is 52.9 Å². The maximum absolute atomic E-state index is 13.0. The second kappa shape index (κ2) is 9.69. The van der Waals surface area contributed by atoms with Gasteiger partial charge in [-0.15, -0.1) is 10.1 Å². The zero-order valence-corrected chi connectivity index (χ0v) is 19.0. The normalized spacial score (nSPS) is 18.9. The number of hydrazone groups is 1. The van der Waals surface area contributed by atoms with E-state index in [4.69, 9.17) is 4.74 Å². The topological polar surface area (TPSA) is 70.4 Å². The van der Waals surface area contributed by atoms with Crippen LogP contribution in [-0.4, -0.2) is 35.9 Å². The lowest BCUT2D eigenvalue weighted by molar-refractivity contribution is -0.596. The molecule has 2 atom stereocenters. The molecule has 0 spiro atoms. The maximum atomic E-state index is 13.0. The van der Waals surface area contributed by atoms with Crippen LogP contribution in [0.5, 0.6) is 5.75 Å². The van der Waals surface area contributed by atoms with Gasteiger partial charge in [0.15, 0.2) is 6.04 Å². The zero-order valence-electron chi connectivity index (χ0n) is 19.0. The van der Waals surface area contributed by atoms with Gasteiger partial charge < -0.3 is 10.1 Å². The summed E-state index contributed by atoms with van der Waals surface area (Å²) in [6.45, 7) is 4.30. The highest BCUT2D eigenvalue weighted by Crippen LogP contribution is 2.27. The van der Waals surface area contributed by atoms with Gasteiger partial charge in [-0.25, -0.2) is 0 Å². The molecule has 1 aliphatic heterocycles. The van der Waals surface area contributed by atoms with E-state index >= 15 is 0 Å². The van der Waals surface area contributed by atoms with E-state index in [1.165, 1.54) is 5.56 Å². The minimum Gasteiger partial charge on any atom is -0.497 e. The third-order valence-electron chi connectivity index (χ3n) is 5.81. The highest BCUT2D eigenvalue weighted by atomic mass is 16.5. The van der Waals surface area contributed by atoms with Crippen LogP contribution in [-0.2, 0) is 4.79 Å². The number of methoxy groups -OCH3 is 1. The first kappa shape index (κ1) is 22.3. The molecule has 2 N–H and O–H groups in total. The zero-order chi connectivity index (χ0) is 23.4. The number of carbonyl (C=O) groups excluding carboxylic acids is 2. The van der Waals surface area contributed by atoms with Gasteiger partial charge in [-0.1, -0.05) is 44.2 Å². The summed E-state index contributed by atoms with van der Waals surface area (Å²) in [4.78, 5) is 25.8. The Hall–Kier alpha value is -3.93. The summed E-state index contributed by atoms with van der Waals surface area (Å²) < 4.78 is 7.05. The summed E-state index contributed by atoms with van der Waals surface area (Å²) in [5.74, 6) is 0.600. The summed E-state index contributed by atoms with van der Waals surface area (Å²) in [5.41, 5.74) is 6.50. The quantitative estimate of drug-likeness (QED) is 0.570. The number of amides is 2. The summed E-state index contributed by atoms with van der Waals surface area (Å²) in [6, 6.07) is 23.5. The van der Waals surface area contributed by atoms with Crippen molar-refractivity contribution < 1.29 is 19.0 Å². The lowest BCUT2D eigenvalue weighted by Gasteiger charge is -2.15. The van der Waals surface area contributed by atoms with Crippen LogP contribution in [0.3, 0.4) is 0 Å². The molecule has 6 nitrogen and oxygen atoms in total. The van der Waals surface area contributed by atoms with E-state index in [1.54, 1.807) is 36.1 Å². The Bertz CT molecular complexity index is 1150. The summed E-state index contributed by atoms with van der Waals surface area (Å²) in [6.07, 6.45) is 1.89. The van der Waals surface area contributed by atoms with Gasteiger partial charge in [-0.2, -0.15) is 0 Å². The van der Waals surface area contributed by atoms with Gasteiger partial charge in [0.25, 0.3) is 5.91 Å². The van der Waals surface area contributed by atoms with Crippen LogP contribution in [0.25, 0.3) is 0 Å². The van der Waals surface area contributed by atoms with E-state index in [0.717, 1.165) is 16.9 Å². The third kappa shape index (κ3) is 4.95. The predicted molar refractivity (Wildman–Crippen MR) is 128 cm³/mol. The van der Waals surface area contributed by atoms with E-state index < -0.39 is 12.1 Å². The number of carbonyl (C=O) groups is 2. The smallest absolute Gasteiger partial charge is 0.304 e. The van der Waals surface area contributed by atoms with Gasteiger partial charge in [0.1, 0.15) is 5.75 Å². The molecular weight excluding hydrogens is 414 g/mol. The Morgan fingerprint density at radius 3 is 2.27 bits per heavy atom. The maximum Gasteiger partial charge on any atom is 0.304 e.